The Hall–Kier alpha value is -1.29. The Kier molecular flexibility index (Phi) is 4.07. The maximum atomic E-state index is 6.25. The molecular formula is C15H12Cl3N3. The monoisotopic (exact) mass is 339 g/mol. The number of nitrogens with zero attached hydrogens (tertiary/aromatic N) is 3. The van der Waals surface area contributed by atoms with Gasteiger partial charge in [-0.3, -0.25) is 0 Å². The van der Waals surface area contributed by atoms with Crippen molar-refractivity contribution in [2.24, 2.45) is 0 Å². The number of aromatic nitrogens is 3. The zero-order valence-electron chi connectivity index (χ0n) is 11.2. The molecule has 21 heavy (non-hydrogen) atoms. The van der Waals surface area contributed by atoms with Gasteiger partial charge in [0.15, 0.2) is 5.65 Å². The number of pyridine rings is 1. The molecular weight excluding hydrogens is 329 g/mol. The molecule has 0 spiro atoms. The third-order valence-corrected chi connectivity index (χ3v) is 3.84. The maximum Gasteiger partial charge on any atom is 0.160 e. The van der Waals surface area contributed by atoms with Crippen LogP contribution in [0.1, 0.15) is 23.7 Å². The molecule has 0 bridgehead atoms. The average molecular weight is 341 g/mol. The van der Waals surface area contributed by atoms with E-state index in [0.717, 1.165) is 22.6 Å². The largest absolute Gasteiger partial charge is 0.307 e. The molecule has 0 radical (unpaired) electrons. The van der Waals surface area contributed by atoms with Crippen molar-refractivity contribution in [2.75, 3.05) is 0 Å². The van der Waals surface area contributed by atoms with E-state index in [4.69, 9.17) is 34.8 Å². The van der Waals surface area contributed by atoms with Gasteiger partial charge in [-0.05, 0) is 30.7 Å². The molecule has 2 heterocycles. The van der Waals surface area contributed by atoms with Crippen LogP contribution in [0.25, 0.3) is 11.2 Å². The molecule has 0 aliphatic heterocycles. The Morgan fingerprint density at radius 2 is 1.86 bits per heavy atom. The van der Waals surface area contributed by atoms with Gasteiger partial charge in [0.25, 0.3) is 0 Å². The lowest BCUT2D eigenvalue weighted by Gasteiger charge is -2.10. The van der Waals surface area contributed by atoms with Gasteiger partial charge in [0.1, 0.15) is 11.3 Å². The summed E-state index contributed by atoms with van der Waals surface area (Å²) < 4.78 is 2.01. The molecule has 0 saturated carbocycles. The first kappa shape index (κ1) is 14.6. The molecule has 3 rings (SSSR count). The van der Waals surface area contributed by atoms with E-state index in [-0.39, 0.29) is 5.38 Å². The van der Waals surface area contributed by atoms with E-state index in [1.807, 2.05) is 35.8 Å². The van der Waals surface area contributed by atoms with Gasteiger partial charge in [0, 0.05) is 11.2 Å². The highest BCUT2D eigenvalue weighted by atomic mass is 35.5. The lowest BCUT2D eigenvalue weighted by molar-refractivity contribution is 0.736. The average Bonchev–Trinajstić information content (AvgIpc) is 2.79. The summed E-state index contributed by atoms with van der Waals surface area (Å²) in [5.74, 6) is 0.774. The number of imidazole rings is 1. The lowest BCUT2D eigenvalue weighted by atomic mass is 10.2. The van der Waals surface area contributed by atoms with Crippen molar-refractivity contribution in [3.63, 3.8) is 0 Å². The van der Waals surface area contributed by atoms with Gasteiger partial charge < -0.3 is 4.57 Å². The first-order chi connectivity index (χ1) is 10.0. The zero-order chi connectivity index (χ0) is 15.0. The Morgan fingerprint density at radius 1 is 1.14 bits per heavy atom. The lowest BCUT2D eigenvalue weighted by Crippen LogP contribution is -2.06. The van der Waals surface area contributed by atoms with Crippen LogP contribution in [-0.2, 0) is 6.54 Å². The highest BCUT2D eigenvalue weighted by Gasteiger charge is 2.16. The fourth-order valence-electron chi connectivity index (χ4n) is 2.24. The first-order valence-corrected chi connectivity index (χ1v) is 7.64. The zero-order valence-corrected chi connectivity index (χ0v) is 13.5. The number of hydrogen-bond acceptors (Lipinski definition) is 2. The molecule has 0 N–H and O–H groups in total. The quantitative estimate of drug-likeness (QED) is 0.622. The highest BCUT2D eigenvalue weighted by molar-refractivity contribution is 6.31. The Morgan fingerprint density at radius 3 is 2.52 bits per heavy atom. The standard InChI is InChI=1S/C15H12Cl3N3/c1-9(16)14-20-13-6-12(18)7-19-15(13)21(14)8-10-2-4-11(17)5-3-10/h2-7,9H,8H2,1H3. The SMILES string of the molecule is CC(Cl)c1nc2cc(Cl)cnc2n1Cc1ccc(Cl)cc1. The number of alkyl halides is 1. The van der Waals surface area contributed by atoms with Crippen molar-refractivity contribution in [3.8, 4) is 0 Å². The van der Waals surface area contributed by atoms with Gasteiger partial charge in [-0.1, -0.05) is 35.3 Å². The van der Waals surface area contributed by atoms with Crippen LogP contribution in [0.15, 0.2) is 36.5 Å². The van der Waals surface area contributed by atoms with Gasteiger partial charge in [0.05, 0.1) is 16.9 Å². The normalized spacial score (nSPS) is 12.8. The molecule has 0 fully saturated rings. The second kappa shape index (κ2) is 5.84. The summed E-state index contributed by atoms with van der Waals surface area (Å²) in [6.45, 7) is 2.53. The first-order valence-electron chi connectivity index (χ1n) is 6.45. The van der Waals surface area contributed by atoms with Gasteiger partial charge in [-0.25, -0.2) is 9.97 Å². The third kappa shape index (κ3) is 3.00. The van der Waals surface area contributed by atoms with Crippen LogP contribution in [0.2, 0.25) is 10.0 Å². The minimum atomic E-state index is -0.217. The van der Waals surface area contributed by atoms with Crippen LogP contribution >= 0.6 is 34.8 Å². The van der Waals surface area contributed by atoms with Crippen molar-refractivity contribution in [3.05, 3.63) is 58.0 Å². The number of halogens is 3. The second-order valence-corrected chi connectivity index (χ2v) is 6.32. The fraction of sp³-hybridized carbons (Fsp3) is 0.200. The summed E-state index contributed by atoms with van der Waals surface area (Å²) in [5.41, 5.74) is 2.63. The molecule has 1 unspecified atom stereocenters. The van der Waals surface area contributed by atoms with Gasteiger partial charge in [-0.15, -0.1) is 11.6 Å². The third-order valence-electron chi connectivity index (χ3n) is 3.19. The topological polar surface area (TPSA) is 30.7 Å². The number of rotatable bonds is 3. The molecule has 0 saturated heterocycles. The Bertz CT molecular complexity index is 779. The summed E-state index contributed by atoms with van der Waals surface area (Å²) in [6.07, 6.45) is 1.62. The van der Waals surface area contributed by atoms with E-state index in [1.54, 1.807) is 12.3 Å². The molecule has 3 aromatic rings. The number of hydrogen-bond donors (Lipinski definition) is 0. The predicted molar refractivity (Wildman–Crippen MR) is 87.4 cm³/mol. The van der Waals surface area contributed by atoms with Gasteiger partial charge in [0.2, 0.25) is 0 Å². The highest BCUT2D eigenvalue weighted by Crippen LogP contribution is 2.26. The predicted octanol–water partition coefficient (Wildman–Crippen LogP) is 5.09. The maximum absolute atomic E-state index is 6.25. The van der Waals surface area contributed by atoms with E-state index in [9.17, 15) is 0 Å². The molecule has 108 valence electrons. The second-order valence-electron chi connectivity index (χ2n) is 4.79. The van der Waals surface area contributed by atoms with Crippen LogP contribution in [0.5, 0.6) is 0 Å². The minimum absolute atomic E-state index is 0.217. The van der Waals surface area contributed by atoms with Crippen LogP contribution in [0.3, 0.4) is 0 Å². The van der Waals surface area contributed by atoms with Crippen LogP contribution in [0, 0.1) is 0 Å². The minimum Gasteiger partial charge on any atom is -0.307 e. The van der Waals surface area contributed by atoms with Crippen LogP contribution in [0.4, 0.5) is 0 Å². The van der Waals surface area contributed by atoms with Crippen molar-refractivity contribution in [1.29, 1.82) is 0 Å². The fourth-order valence-corrected chi connectivity index (χ4v) is 2.68. The van der Waals surface area contributed by atoms with Crippen molar-refractivity contribution < 1.29 is 0 Å². The summed E-state index contributed by atoms with van der Waals surface area (Å²) in [5, 5.41) is 1.06. The molecule has 2 aromatic heterocycles. The van der Waals surface area contributed by atoms with E-state index >= 15 is 0 Å². The van der Waals surface area contributed by atoms with E-state index in [1.165, 1.54) is 0 Å². The summed E-state index contributed by atoms with van der Waals surface area (Å²) in [4.78, 5) is 8.93. The number of fused-ring (bicyclic) bond motifs is 1. The Labute approximate surface area is 137 Å². The molecule has 0 aliphatic rings. The van der Waals surface area contributed by atoms with E-state index < -0.39 is 0 Å². The number of benzene rings is 1. The van der Waals surface area contributed by atoms with E-state index in [2.05, 4.69) is 9.97 Å². The van der Waals surface area contributed by atoms with Crippen LogP contribution < -0.4 is 0 Å². The molecule has 1 atom stereocenters. The molecule has 6 heteroatoms. The smallest absolute Gasteiger partial charge is 0.160 e. The van der Waals surface area contributed by atoms with Crippen LogP contribution in [-0.4, -0.2) is 14.5 Å². The van der Waals surface area contributed by atoms with Gasteiger partial charge in [-0.2, -0.15) is 0 Å². The van der Waals surface area contributed by atoms with Gasteiger partial charge >= 0.3 is 0 Å². The van der Waals surface area contributed by atoms with Crippen molar-refractivity contribution >= 4 is 46.0 Å². The molecule has 0 amide bonds. The van der Waals surface area contributed by atoms with E-state index in [0.29, 0.717) is 16.6 Å². The molecule has 3 nitrogen and oxygen atoms in total. The molecule has 1 aromatic carbocycles. The van der Waals surface area contributed by atoms with Crippen molar-refractivity contribution in [2.45, 2.75) is 18.8 Å². The Balaban J connectivity index is 2.10. The van der Waals surface area contributed by atoms with Crippen molar-refractivity contribution in [1.82, 2.24) is 14.5 Å². The summed E-state index contributed by atoms with van der Waals surface area (Å²) in [6, 6.07) is 9.48. The molecule has 0 aliphatic carbocycles. The summed E-state index contributed by atoms with van der Waals surface area (Å²) >= 11 is 18.1. The summed E-state index contributed by atoms with van der Waals surface area (Å²) in [7, 11) is 0.